The Kier molecular flexibility index (Phi) is 2.07. The Morgan fingerprint density at radius 1 is 1.69 bits per heavy atom. The number of carbonyl (C=O) groups is 1. The van der Waals surface area contributed by atoms with Crippen molar-refractivity contribution in [2.75, 3.05) is 13.7 Å². The molecule has 1 saturated heterocycles. The molecule has 0 aromatic carbocycles. The van der Waals surface area contributed by atoms with Crippen LogP contribution >= 0.6 is 0 Å². The van der Waals surface area contributed by atoms with Crippen LogP contribution in [0, 0.1) is 0 Å². The zero-order chi connectivity index (χ0) is 9.42. The van der Waals surface area contributed by atoms with E-state index in [2.05, 4.69) is 0 Å². The Bertz CT molecular complexity index is 259. The molecule has 3 unspecified atom stereocenters. The van der Waals surface area contributed by atoms with Gasteiger partial charge in [-0.25, -0.2) is 4.79 Å². The number of esters is 1. The lowest BCUT2D eigenvalue weighted by Gasteiger charge is -2.30. The predicted octanol–water partition coefficient (Wildman–Crippen LogP) is -0.798. The van der Waals surface area contributed by atoms with Crippen LogP contribution in [0.15, 0.2) is 11.6 Å². The first-order chi connectivity index (χ1) is 6.22. The molecule has 0 aromatic heterocycles. The van der Waals surface area contributed by atoms with Crippen molar-refractivity contribution in [1.82, 2.24) is 0 Å². The molecule has 0 saturated carbocycles. The van der Waals surface area contributed by atoms with Gasteiger partial charge in [0.15, 0.2) is 12.4 Å². The smallest absolute Gasteiger partial charge is 0.331 e. The molecule has 3 atom stereocenters. The first kappa shape index (κ1) is 8.68. The highest BCUT2D eigenvalue weighted by molar-refractivity contribution is 5.86. The molecule has 1 N–H and O–H groups in total. The number of rotatable bonds is 1. The Labute approximate surface area is 74.9 Å². The normalized spacial score (nSPS) is 38.2. The summed E-state index contributed by atoms with van der Waals surface area (Å²) in [5.41, 5.74) is 0.561. The lowest BCUT2D eigenvalue weighted by molar-refractivity contribution is -0.176. The van der Waals surface area contributed by atoms with Crippen molar-refractivity contribution in [3.05, 3.63) is 11.6 Å². The summed E-state index contributed by atoms with van der Waals surface area (Å²) in [7, 11) is 1.48. The van der Waals surface area contributed by atoms with Crippen LogP contribution in [0.5, 0.6) is 0 Å². The van der Waals surface area contributed by atoms with E-state index in [9.17, 15) is 9.90 Å². The first-order valence-corrected chi connectivity index (χ1v) is 3.97. The quantitative estimate of drug-likeness (QED) is 0.543. The number of hydrogen-bond donors (Lipinski definition) is 1. The second kappa shape index (κ2) is 3.10. The third-order valence-corrected chi connectivity index (χ3v) is 2.11. The summed E-state index contributed by atoms with van der Waals surface area (Å²) in [6.45, 7) is 0.119. The van der Waals surface area contributed by atoms with E-state index in [0.717, 1.165) is 0 Å². The zero-order valence-electron chi connectivity index (χ0n) is 7.10. The summed E-state index contributed by atoms with van der Waals surface area (Å²) < 4.78 is 15.0. The standard InChI is InChI=1S/C8H10O5/c1-11-8-4-2-6(10)13-7(4)5(9)3-12-8/h2,5,7-9H,3H2,1H3. The minimum absolute atomic E-state index is 0.119. The summed E-state index contributed by atoms with van der Waals surface area (Å²) in [4.78, 5) is 10.9. The van der Waals surface area contributed by atoms with Gasteiger partial charge in [0, 0.05) is 18.8 Å². The second-order valence-electron chi connectivity index (χ2n) is 2.97. The number of hydrogen-bond acceptors (Lipinski definition) is 5. The van der Waals surface area contributed by atoms with Gasteiger partial charge in [-0.2, -0.15) is 0 Å². The van der Waals surface area contributed by atoms with E-state index in [1.165, 1.54) is 13.2 Å². The van der Waals surface area contributed by atoms with Crippen LogP contribution in [0.1, 0.15) is 0 Å². The predicted molar refractivity (Wildman–Crippen MR) is 40.7 cm³/mol. The van der Waals surface area contributed by atoms with Crippen LogP contribution in [0.2, 0.25) is 0 Å². The van der Waals surface area contributed by atoms with Crippen LogP contribution in [0.4, 0.5) is 0 Å². The first-order valence-electron chi connectivity index (χ1n) is 3.97. The molecule has 72 valence electrons. The molecule has 0 bridgehead atoms. The summed E-state index contributed by atoms with van der Waals surface area (Å²) in [5, 5.41) is 9.41. The van der Waals surface area contributed by atoms with Crippen molar-refractivity contribution in [3.8, 4) is 0 Å². The van der Waals surface area contributed by atoms with Crippen LogP contribution in [-0.2, 0) is 19.0 Å². The number of methoxy groups -OCH3 is 1. The fourth-order valence-corrected chi connectivity index (χ4v) is 1.52. The Balaban J connectivity index is 2.23. The van der Waals surface area contributed by atoms with Crippen LogP contribution in [-0.4, -0.2) is 43.3 Å². The van der Waals surface area contributed by atoms with Crippen LogP contribution < -0.4 is 0 Å². The number of carbonyl (C=O) groups excluding carboxylic acids is 1. The maximum Gasteiger partial charge on any atom is 0.331 e. The SMILES string of the molecule is COC1OCC(O)C2OC(=O)C=C12. The monoisotopic (exact) mass is 186 g/mol. The summed E-state index contributed by atoms with van der Waals surface area (Å²) in [6.07, 6.45) is -0.642. The summed E-state index contributed by atoms with van der Waals surface area (Å²) in [5.74, 6) is -0.452. The second-order valence-corrected chi connectivity index (χ2v) is 2.97. The van der Waals surface area contributed by atoms with Crippen molar-refractivity contribution >= 4 is 5.97 Å². The molecule has 2 rings (SSSR count). The van der Waals surface area contributed by atoms with Gasteiger partial charge in [-0.1, -0.05) is 0 Å². The summed E-state index contributed by atoms with van der Waals surface area (Å²) in [6, 6.07) is 0. The molecule has 5 heteroatoms. The van der Waals surface area contributed by atoms with Gasteiger partial charge >= 0.3 is 5.97 Å². The van der Waals surface area contributed by atoms with Gasteiger partial charge in [0.25, 0.3) is 0 Å². The van der Waals surface area contributed by atoms with E-state index in [0.29, 0.717) is 5.57 Å². The molecular weight excluding hydrogens is 176 g/mol. The van der Waals surface area contributed by atoms with Gasteiger partial charge in [-0.15, -0.1) is 0 Å². The molecule has 5 nitrogen and oxygen atoms in total. The van der Waals surface area contributed by atoms with Crippen molar-refractivity contribution in [1.29, 1.82) is 0 Å². The highest BCUT2D eigenvalue weighted by atomic mass is 16.7. The highest BCUT2D eigenvalue weighted by Gasteiger charge is 2.41. The number of ether oxygens (including phenoxy) is 3. The highest BCUT2D eigenvalue weighted by Crippen LogP contribution is 2.28. The van der Waals surface area contributed by atoms with E-state index in [1.54, 1.807) is 0 Å². The van der Waals surface area contributed by atoms with Crippen LogP contribution in [0.3, 0.4) is 0 Å². The van der Waals surface area contributed by atoms with E-state index in [4.69, 9.17) is 14.2 Å². The van der Waals surface area contributed by atoms with Crippen molar-refractivity contribution < 1.29 is 24.1 Å². The van der Waals surface area contributed by atoms with Gasteiger partial charge in [0.2, 0.25) is 0 Å². The third-order valence-electron chi connectivity index (χ3n) is 2.11. The minimum Gasteiger partial charge on any atom is -0.452 e. The average molecular weight is 186 g/mol. The number of aliphatic hydroxyl groups is 1. The van der Waals surface area contributed by atoms with Gasteiger partial charge in [0.1, 0.15) is 6.10 Å². The molecule has 2 aliphatic heterocycles. The van der Waals surface area contributed by atoms with E-state index >= 15 is 0 Å². The molecule has 0 spiro atoms. The molecule has 0 amide bonds. The molecule has 13 heavy (non-hydrogen) atoms. The Morgan fingerprint density at radius 2 is 2.46 bits per heavy atom. The summed E-state index contributed by atoms with van der Waals surface area (Å²) >= 11 is 0. The number of fused-ring (bicyclic) bond motifs is 1. The van der Waals surface area contributed by atoms with Gasteiger partial charge in [-0.05, 0) is 0 Å². The van der Waals surface area contributed by atoms with E-state index in [-0.39, 0.29) is 6.61 Å². The van der Waals surface area contributed by atoms with Crippen molar-refractivity contribution in [3.63, 3.8) is 0 Å². The molecule has 0 aliphatic carbocycles. The van der Waals surface area contributed by atoms with Gasteiger partial charge in [0.05, 0.1) is 6.61 Å². The lowest BCUT2D eigenvalue weighted by Crippen LogP contribution is -2.43. The minimum atomic E-state index is -0.788. The van der Waals surface area contributed by atoms with Gasteiger partial charge < -0.3 is 19.3 Å². The van der Waals surface area contributed by atoms with E-state index < -0.39 is 24.5 Å². The fourth-order valence-electron chi connectivity index (χ4n) is 1.52. The number of aliphatic hydroxyl groups excluding tert-OH is 1. The zero-order valence-corrected chi connectivity index (χ0v) is 7.10. The van der Waals surface area contributed by atoms with Crippen LogP contribution in [0.25, 0.3) is 0 Å². The fraction of sp³-hybridized carbons (Fsp3) is 0.625. The molecular formula is C8H10O5. The molecule has 0 radical (unpaired) electrons. The van der Waals surface area contributed by atoms with E-state index in [1.807, 2.05) is 0 Å². The molecule has 1 fully saturated rings. The van der Waals surface area contributed by atoms with Gasteiger partial charge in [-0.3, -0.25) is 0 Å². The Hall–Kier alpha value is -0.910. The largest absolute Gasteiger partial charge is 0.452 e. The lowest BCUT2D eigenvalue weighted by atomic mass is 10.0. The van der Waals surface area contributed by atoms with Crippen molar-refractivity contribution in [2.24, 2.45) is 0 Å². The average Bonchev–Trinajstić information content (AvgIpc) is 2.48. The van der Waals surface area contributed by atoms with Crippen molar-refractivity contribution in [2.45, 2.75) is 18.5 Å². The maximum atomic E-state index is 10.9. The third kappa shape index (κ3) is 1.35. The molecule has 2 aliphatic rings. The maximum absolute atomic E-state index is 10.9. The molecule has 2 heterocycles. The topological polar surface area (TPSA) is 65.0 Å². The Morgan fingerprint density at radius 3 is 3.15 bits per heavy atom. The molecule has 0 aromatic rings.